The number of nitrogens with two attached hydrogens (primary N) is 2. The molecule has 2 heterocycles. The van der Waals surface area contributed by atoms with E-state index in [-0.39, 0.29) is 12.1 Å². The third-order valence-electron chi connectivity index (χ3n) is 2.90. The van der Waals surface area contributed by atoms with Crippen LogP contribution in [0.5, 0.6) is 0 Å². The van der Waals surface area contributed by atoms with Crippen molar-refractivity contribution in [3.05, 3.63) is 6.07 Å². The number of aromatic nitrogens is 2. The third-order valence-corrected chi connectivity index (χ3v) is 2.90. The molecule has 1 fully saturated rings. The number of hydrogen-bond donors (Lipinski definition) is 2. The Morgan fingerprint density at radius 2 is 2.29 bits per heavy atom. The molecular formula is C11H19N5O. The molecule has 1 aromatic rings. The summed E-state index contributed by atoms with van der Waals surface area (Å²) in [4.78, 5) is 10.2. The lowest BCUT2D eigenvalue weighted by molar-refractivity contribution is 0.115. The van der Waals surface area contributed by atoms with Gasteiger partial charge in [-0.1, -0.05) is 0 Å². The maximum Gasteiger partial charge on any atom is 0.223 e. The van der Waals surface area contributed by atoms with E-state index in [1.807, 2.05) is 0 Å². The molecule has 1 aliphatic heterocycles. The number of ether oxygens (including phenoxy) is 1. The molecule has 6 heteroatoms. The average Bonchev–Trinajstić information content (AvgIpc) is 2.77. The molecule has 1 aromatic heterocycles. The first-order valence-electron chi connectivity index (χ1n) is 5.95. The van der Waals surface area contributed by atoms with Gasteiger partial charge in [-0.3, -0.25) is 0 Å². The highest BCUT2D eigenvalue weighted by atomic mass is 16.5. The van der Waals surface area contributed by atoms with Crippen LogP contribution in [0.2, 0.25) is 0 Å². The van der Waals surface area contributed by atoms with Crippen molar-refractivity contribution in [3.8, 4) is 0 Å². The lowest BCUT2D eigenvalue weighted by Gasteiger charge is -2.25. The first-order chi connectivity index (χ1) is 8.19. The number of rotatable bonds is 4. The van der Waals surface area contributed by atoms with Crippen molar-refractivity contribution in [2.24, 2.45) is 0 Å². The summed E-state index contributed by atoms with van der Waals surface area (Å²) >= 11 is 0. The van der Waals surface area contributed by atoms with Crippen molar-refractivity contribution in [2.45, 2.75) is 25.9 Å². The fourth-order valence-electron chi connectivity index (χ4n) is 2.05. The Hall–Kier alpha value is -1.56. The van der Waals surface area contributed by atoms with Gasteiger partial charge in [0.25, 0.3) is 0 Å². The predicted octanol–water partition coefficient (Wildman–Crippen LogP) is 0.646. The molecule has 1 saturated heterocycles. The van der Waals surface area contributed by atoms with E-state index in [1.54, 1.807) is 6.07 Å². The summed E-state index contributed by atoms with van der Waals surface area (Å²) in [5.74, 6) is 1.39. The summed E-state index contributed by atoms with van der Waals surface area (Å²) in [6.07, 6.45) is 2.52. The van der Waals surface area contributed by atoms with Crippen molar-refractivity contribution in [1.82, 2.24) is 9.97 Å². The van der Waals surface area contributed by atoms with Crippen LogP contribution in [-0.4, -0.2) is 35.8 Å². The van der Waals surface area contributed by atoms with Gasteiger partial charge in [-0.2, -0.15) is 9.97 Å². The molecule has 17 heavy (non-hydrogen) atoms. The zero-order valence-corrected chi connectivity index (χ0v) is 10.1. The van der Waals surface area contributed by atoms with Crippen LogP contribution in [-0.2, 0) is 4.74 Å². The summed E-state index contributed by atoms with van der Waals surface area (Å²) in [6, 6.07) is 1.74. The highest BCUT2D eigenvalue weighted by molar-refractivity contribution is 5.50. The predicted molar refractivity (Wildman–Crippen MR) is 67.7 cm³/mol. The minimum atomic E-state index is 0.214. The smallest absolute Gasteiger partial charge is 0.223 e. The van der Waals surface area contributed by atoms with E-state index in [1.165, 1.54) is 0 Å². The van der Waals surface area contributed by atoms with E-state index in [0.29, 0.717) is 5.82 Å². The van der Waals surface area contributed by atoms with E-state index in [2.05, 4.69) is 21.8 Å². The van der Waals surface area contributed by atoms with Gasteiger partial charge >= 0.3 is 0 Å². The molecule has 0 radical (unpaired) electrons. The molecule has 6 nitrogen and oxygen atoms in total. The Balaban J connectivity index is 2.10. The van der Waals surface area contributed by atoms with Gasteiger partial charge in [0.1, 0.15) is 11.6 Å². The molecular weight excluding hydrogens is 218 g/mol. The SMILES string of the molecule is CCN(CC1CCCO1)c1cc(N)nc(N)n1. The fourth-order valence-corrected chi connectivity index (χ4v) is 2.05. The number of anilines is 3. The van der Waals surface area contributed by atoms with Crippen LogP contribution in [0.4, 0.5) is 17.6 Å². The molecule has 2 rings (SSSR count). The quantitative estimate of drug-likeness (QED) is 0.799. The van der Waals surface area contributed by atoms with Crippen molar-refractivity contribution in [2.75, 3.05) is 36.1 Å². The van der Waals surface area contributed by atoms with Crippen LogP contribution in [0.1, 0.15) is 19.8 Å². The second kappa shape index (κ2) is 5.18. The Morgan fingerprint density at radius 3 is 2.88 bits per heavy atom. The largest absolute Gasteiger partial charge is 0.383 e. The number of nitrogens with zero attached hydrogens (tertiary/aromatic N) is 3. The van der Waals surface area contributed by atoms with Crippen LogP contribution >= 0.6 is 0 Å². The second-order valence-electron chi connectivity index (χ2n) is 4.18. The maximum absolute atomic E-state index is 5.67. The standard InChI is InChI=1S/C11H19N5O/c1-2-16(7-8-4-3-5-17-8)10-6-9(12)14-11(13)15-10/h6,8H,2-5,7H2,1H3,(H4,12,13,14,15). The Morgan fingerprint density at radius 1 is 1.47 bits per heavy atom. The van der Waals surface area contributed by atoms with Gasteiger partial charge in [-0.15, -0.1) is 0 Å². The molecule has 1 aliphatic rings. The number of hydrogen-bond acceptors (Lipinski definition) is 6. The lowest BCUT2D eigenvalue weighted by atomic mass is 10.2. The maximum atomic E-state index is 5.67. The minimum absolute atomic E-state index is 0.214. The molecule has 1 atom stereocenters. The van der Waals surface area contributed by atoms with Crippen LogP contribution in [0.15, 0.2) is 6.07 Å². The summed E-state index contributed by atoms with van der Waals surface area (Å²) < 4.78 is 5.62. The van der Waals surface area contributed by atoms with Crippen LogP contribution in [0, 0.1) is 0 Å². The number of nitrogen functional groups attached to an aromatic ring is 2. The molecule has 0 bridgehead atoms. The van der Waals surface area contributed by atoms with E-state index < -0.39 is 0 Å². The molecule has 0 amide bonds. The highest BCUT2D eigenvalue weighted by Gasteiger charge is 2.19. The van der Waals surface area contributed by atoms with Crippen LogP contribution < -0.4 is 16.4 Å². The number of likely N-dealkylation sites (N-methyl/N-ethyl adjacent to an activating group) is 1. The van der Waals surface area contributed by atoms with Crippen LogP contribution in [0.25, 0.3) is 0 Å². The Labute approximate surface area is 101 Å². The zero-order valence-electron chi connectivity index (χ0n) is 10.1. The monoisotopic (exact) mass is 237 g/mol. The molecule has 94 valence electrons. The van der Waals surface area contributed by atoms with Gasteiger partial charge in [-0.05, 0) is 19.8 Å². The normalized spacial score (nSPS) is 19.5. The highest BCUT2D eigenvalue weighted by Crippen LogP contribution is 2.19. The van der Waals surface area contributed by atoms with E-state index in [9.17, 15) is 0 Å². The Bertz CT molecular complexity index is 358. The van der Waals surface area contributed by atoms with Crippen molar-refractivity contribution in [1.29, 1.82) is 0 Å². The first-order valence-corrected chi connectivity index (χ1v) is 5.95. The van der Waals surface area contributed by atoms with Gasteiger partial charge in [0.2, 0.25) is 5.95 Å². The molecule has 0 aromatic carbocycles. The van der Waals surface area contributed by atoms with E-state index in [4.69, 9.17) is 16.2 Å². The lowest BCUT2D eigenvalue weighted by Crippen LogP contribution is -2.32. The van der Waals surface area contributed by atoms with Gasteiger partial charge in [0.05, 0.1) is 6.10 Å². The third kappa shape index (κ3) is 2.97. The van der Waals surface area contributed by atoms with Crippen molar-refractivity contribution < 1.29 is 4.74 Å². The van der Waals surface area contributed by atoms with E-state index in [0.717, 1.165) is 38.4 Å². The van der Waals surface area contributed by atoms with Gasteiger partial charge in [0, 0.05) is 25.8 Å². The topological polar surface area (TPSA) is 90.3 Å². The fraction of sp³-hybridized carbons (Fsp3) is 0.636. The van der Waals surface area contributed by atoms with Crippen LogP contribution in [0.3, 0.4) is 0 Å². The second-order valence-corrected chi connectivity index (χ2v) is 4.18. The van der Waals surface area contributed by atoms with Gasteiger partial charge in [0.15, 0.2) is 0 Å². The molecule has 4 N–H and O–H groups in total. The summed E-state index contributed by atoms with van der Waals surface area (Å²) in [7, 11) is 0. The molecule has 1 unspecified atom stereocenters. The molecule has 0 aliphatic carbocycles. The van der Waals surface area contributed by atoms with Gasteiger partial charge < -0.3 is 21.1 Å². The summed E-state index contributed by atoms with van der Waals surface area (Å²) in [5.41, 5.74) is 11.3. The van der Waals surface area contributed by atoms with Crippen molar-refractivity contribution in [3.63, 3.8) is 0 Å². The van der Waals surface area contributed by atoms with E-state index >= 15 is 0 Å². The summed E-state index contributed by atoms with van der Waals surface area (Å²) in [6.45, 7) is 4.60. The van der Waals surface area contributed by atoms with Gasteiger partial charge in [-0.25, -0.2) is 0 Å². The summed E-state index contributed by atoms with van der Waals surface area (Å²) in [5, 5.41) is 0. The first kappa shape index (κ1) is 11.9. The molecule has 0 spiro atoms. The minimum Gasteiger partial charge on any atom is -0.383 e. The Kier molecular flexibility index (Phi) is 3.63. The zero-order chi connectivity index (χ0) is 12.3. The molecule has 0 saturated carbocycles. The average molecular weight is 237 g/mol. The van der Waals surface area contributed by atoms with Crippen molar-refractivity contribution >= 4 is 17.6 Å².